The van der Waals surface area contributed by atoms with Crippen LogP contribution < -0.4 is 5.32 Å². The molecule has 0 atom stereocenters. The van der Waals surface area contributed by atoms with Gasteiger partial charge in [-0.25, -0.2) is 9.97 Å². The van der Waals surface area contributed by atoms with Gasteiger partial charge in [-0.2, -0.15) is 0 Å². The van der Waals surface area contributed by atoms with Gasteiger partial charge in [0.2, 0.25) is 0 Å². The number of rotatable bonds is 4. The van der Waals surface area contributed by atoms with Crippen molar-refractivity contribution < 1.29 is 0 Å². The zero-order chi connectivity index (χ0) is 13.2. The van der Waals surface area contributed by atoms with E-state index in [1.807, 2.05) is 11.3 Å². The molecule has 5 heteroatoms. The number of anilines is 1. The molecule has 0 amide bonds. The number of aryl methyl sites for hydroxylation is 2. The summed E-state index contributed by atoms with van der Waals surface area (Å²) >= 11 is 3.56. The number of hydrogen-bond donors (Lipinski definition) is 1. The third-order valence-corrected chi connectivity index (χ3v) is 5.35. The quantitative estimate of drug-likeness (QED) is 0.781. The lowest BCUT2D eigenvalue weighted by atomic mass is 10.3. The van der Waals surface area contributed by atoms with Crippen molar-refractivity contribution in [3.63, 3.8) is 0 Å². The summed E-state index contributed by atoms with van der Waals surface area (Å²) in [7, 11) is 0. The van der Waals surface area contributed by atoms with Gasteiger partial charge in [-0.1, -0.05) is 6.92 Å². The Morgan fingerprint density at radius 1 is 1.21 bits per heavy atom. The molecule has 0 aliphatic carbocycles. The molecule has 0 saturated heterocycles. The van der Waals surface area contributed by atoms with Gasteiger partial charge in [0.05, 0.1) is 16.8 Å². The first-order valence-electron chi connectivity index (χ1n) is 6.28. The second-order valence-electron chi connectivity index (χ2n) is 4.39. The predicted molar refractivity (Wildman–Crippen MR) is 83.2 cm³/mol. The first-order valence-corrected chi connectivity index (χ1v) is 7.97. The van der Waals surface area contributed by atoms with Crippen LogP contribution in [0.15, 0.2) is 23.8 Å². The van der Waals surface area contributed by atoms with Gasteiger partial charge >= 0.3 is 0 Å². The van der Waals surface area contributed by atoms with E-state index in [1.165, 1.54) is 15.3 Å². The molecule has 3 rings (SSSR count). The molecule has 0 aromatic carbocycles. The normalized spacial score (nSPS) is 11.1. The van der Waals surface area contributed by atoms with Crippen molar-refractivity contribution in [2.24, 2.45) is 0 Å². The highest BCUT2D eigenvalue weighted by Gasteiger charge is 2.08. The van der Waals surface area contributed by atoms with Crippen LogP contribution in [0.2, 0.25) is 0 Å². The van der Waals surface area contributed by atoms with Crippen LogP contribution in [0.3, 0.4) is 0 Å². The molecule has 0 bridgehead atoms. The number of aromatic nitrogens is 2. The van der Waals surface area contributed by atoms with Crippen LogP contribution in [-0.2, 0) is 13.0 Å². The molecular formula is C14H15N3S2. The zero-order valence-electron chi connectivity index (χ0n) is 10.9. The van der Waals surface area contributed by atoms with Crippen LogP contribution >= 0.6 is 22.7 Å². The van der Waals surface area contributed by atoms with E-state index in [2.05, 4.69) is 46.6 Å². The highest BCUT2D eigenvalue weighted by Crippen LogP contribution is 2.29. The van der Waals surface area contributed by atoms with E-state index in [1.54, 1.807) is 17.7 Å². The monoisotopic (exact) mass is 289 g/mol. The van der Waals surface area contributed by atoms with Crippen molar-refractivity contribution in [3.05, 3.63) is 39.2 Å². The highest BCUT2D eigenvalue weighted by molar-refractivity contribution is 7.18. The zero-order valence-corrected chi connectivity index (χ0v) is 12.6. The fourth-order valence-corrected chi connectivity index (χ4v) is 3.84. The molecule has 0 spiro atoms. The van der Waals surface area contributed by atoms with Crippen molar-refractivity contribution in [2.75, 3.05) is 5.32 Å². The van der Waals surface area contributed by atoms with Gasteiger partial charge in [0.25, 0.3) is 0 Å². The van der Waals surface area contributed by atoms with Crippen molar-refractivity contribution >= 4 is 38.7 Å². The topological polar surface area (TPSA) is 37.8 Å². The summed E-state index contributed by atoms with van der Waals surface area (Å²) < 4.78 is 1.15. The first-order chi connectivity index (χ1) is 9.28. The van der Waals surface area contributed by atoms with E-state index in [4.69, 9.17) is 0 Å². The van der Waals surface area contributed by atoms with E-state index >= 15 is 0 Å². The van der Waals surface area contributed by atoms with Gasteiger partial charge < -0.3 is 5.32 Å². The molecule has 3 nitrogen and oxygen atoms in total. The van der Waals surface area contributed by atoms with Crippen LogP contribution in [0.25, 0.3) is 10.2 Å². The third kappa shape index (κ3) is 2.48. The maximum absolute atomic E-state index is 4.36. The molecule has 0 unspecified atom stereocenters. The first kappa shape index (κ1) is 12.6. The van der Waals surface area contributed by atoms with Crippen LogP contribution in [0.5, 0.6) is 0 Å². The molecule has 0 radical (unpaired) electrons. The fraction of sp³-hybridized carbons (Fsp3) is 0.286. The summed E-state index contributed by atoms with van der Waals surface area (Å²) in [5.41, 5.74) is 2.28. The van der Waals surface area contributed by atoms with Gasteiger partial charge in [0.1, 0.15) is 12.1 Å². The molecule has 98 valence electrons. The second kappa shape index (κ2) is 5.27. The average Bonchev–Trinajstić information content (AvgIpc) is 3.04. The highest BCUT2D eigenvalue weighted by atomic mass is 32.1. The summed E-state index contributed by atoms with van der Waals surface area (Å²) in [6.45, 7) is 5.10. The van der Waals surface area contributed by atoms with Gasteiger partial charge in [-0.3, -0.25) is 0 Å². The molecular weight excluding hydrogens is 274 g/mol. The molecule has 3 heterocycles. The minimum Gasteiger partial charge on any atom is -0.364 e. The molecule has 3 aromatic heterocycles. The second-order valence-corrected chi connectivity index (χ2v) is 6.53. The van der Waals surface area contributed by atoms with Crippen molar-refractivity contribution in [1.29, 1.82) is 0 Å². The van der Waals surface area contributed by atoms with Crippen molar-refractivity contribution in [2.45, 2.75) is 26.8 Å². The van der Waals surface area contributed by atoms with E-state index in [-0.39, 0.29) is 0 Å². The molecule has 19 heavy (non-hydrogen) atoms. The number of nitrogens with zero attached hydrogens (tertiary/aromatic N) is 2. The fourth-order valence-electron chi connectivity index (χ4n) is 1.97. The van der Waals surface area contributed by atoms with E-state index in [9.17, 15) is 0 Å². The largest absolute Gasteiger partial charge is 0.364 e. The maximum Gasteiger partial charge on any atom is 0.147 e. The summed E-state index contributed by atoms with van der Waals surface area (Å²) in [5.74, 6) is 0.939. The van der Waals surface area contributed by atoms with E-state index in [0.29, 0.717) is 0 Å². The Balaban J connectivity index is 1.81. The lowest BCUT2D eigenvalue weighted by Crippen LogP contribution is -2.00. The number of thiophene rings is 2. The van der Waals surface area contributed by atoms with Crippen LogP contribution in [-0.4, -0.2) is 9.97 Å². The lowest BCUT2D eigenvalue weighted by Gasteiger charge is -2.04. The van der Waals surface area contributed by atoms with E-state index < -0.39 is 0 Å². The van der Waals surface area contributed by atoms with Gasteiger partial charge in [0, 0.05) is 9.75 Å². The molecule has 0 fully saturated rings. The maximum atomic E-state index is 4.36. The van der Waals surface area contributed by atoms with Crippen molar-refractivity contribution in [1.82, 2.24) is 9.97 Å². The van der Waals surface area contributed by atoms with Crippen LogP contribution in [0, 0.1) is 6.92 Å². The molecule has 3 aromatic rings. The average molecular weight is 289 g/mol. The smallest absolute Gasteiger partial charge is 0.147 e. The standard InChI is InChI=1S/C14H15N3S2/c1-3-10-4-5-11(19-10)6-15-14-13-12(16-8-17-14)9(2)7-18-13/h4-5,7-8H,3,6H2,1-2H3,(H,15,16,17). The predicted octanol–water partition coefficient (Wildman–Crippen LogP) is 4.24. The Kier molecular flexibility index (Phi) is 3.48. The Morgan fingerprint density at radius 3 is 2.84 bits per heavy atom. The summed E-state index contributed by atoms with van der Waals surface area (Å²) in [6, 6.07) is 4.39. The van der Waals surface area contributed by atoms with Crippen LogP contribution in [0.4, 0.5) is 5.82 Å². The Labute approximate surface area is 120 Å². The van der Waals surface area contributed by atoms with Crippen molar-refractivity contribution in [3.8, 4) is 0 Å². The Hall–Kier alpha value is -1.46. The summed E-state index contributed by atoms with van der Waals surface area (Å²) in [5, 5.41) is 5.55. The minimum atomic E-state index is 0.827. The minimum absolute atomic E-state index is 0.827. The Morgan fingerprint density at radius 2 is 2.05 bits per heavy atom. The summed E-state index contributed by atoms with van der Waals surface area (Å²) in [6.07, 6.45) is 2.74. The summed E-state index contributed by atoms with van der Waals surface area (Å²) in [4.78, 5) is 11.5. The lowest BCUT2D eigenvalue weighted by molar-refractivity contribution is 1.13. The molecule has 0 aliphatic heterocycles. The van der Waals surface area contributed by atoms with E-state index in [0.717, 1.165) is 29.0 Å². The van der Waals surface area contributed by atoms with Gasteiger partial charge in [-0.15, -0.1) is 22.7 Å². The number of nitrogens with one attached hydrogen (secondary N) is 1. The SMILES string of the molecule is CCc1ccc(CNc2ncnc3c(C)csc23)s1. The molecule has 0 saturated carbocycles. The number of fused-ring (bicyclic) bond motifs is 1. The third-order valence-electron chi connectivity index (χ3n) is 3.03. The molecule has 1 N–H and O–H groups in total. The number of hydrogen-bond acceptors (Lipinski definition) is 5. The van der Waals surface area contributed by atoms with Gasteiger partial charge in [0.15, 0.2) is 0 Å². The Bertz CT molecular complexity index is 700. The van der Waals surface area contributed by atoms with Crippen LogP contribution in [0.1, 0.15) is 22.2 Å². The van der Waals surface area contributed by atoms with Gasteiger partial charge in [-0.05, 0) is 36.4 Å². The molecule has 0 aliphatic rings.